The summed E-state index contributed by atoms with van der Waals surface area (Å²) < 4.78 is 1.24. The van der Waals surface area contributed by atoms with Crippen LogP contribution < -0.4 is 4.90 Å². The third-order valence-electron chi connectivity index (χ3n) is 15.0. The quantitative estimate of drug-likeness (QED) is 0.167. The van der Waals surface area contributed by atoms with Gasteiger partial charge in [0, 0.05) is 31.8 Å². The van der Waals surface area contributed by atoms with E-state index in [1.165, 1.54) is 121 Å². The van der Waals surface area contributed by atoms with Crippen molar-refractivity contribution in [1.82, 2.24) is 0 Å². The zero-order chi connectivity index (χ0) is 43.0. The maximum atomic E-state index is 4.24. The van der Waals surface area contributed by atoms with Gasteiger partial charge in [0.25, 0.3) is 0 Å². The second-order valence-electron chi connectivity index (χ2n) is 17.8. The molecule has 9 aromatic carbocycles. The van der Waals surface area contributed by atoms with Gasteiger partial charge in [0.1, 0.15) is 0 Å². The number of allylic oxidation sites excluding steroid dienone is 1. The molecule has 1 heterocycles. The lowest BCUT2D eigenvalue weighted by molar-refractivity contribution is 0.793. The molecule has 10 aromatic rings. The molecule has 0 N–H and O–H groups in total. The summed E-state index contributed by atoms with van der Waals surface area (Å²) in [5.74, 6) is 0. The molecular weight excluding hydrogens is 803 g/mol. The molecule has 2 heteroatoms. The van der Waals surface area contributed by atoms with Gasteiger partial charge in [-0.2, -0.15) is 0 Å². The second kappa shape index (κ2) is 13.4. The summed E-state index contributed by atoms with van der Waals surface area (Å²) in [5.41, 5.74) is 24.8. The molecule has 1 aromatic heterocycles. The number of fused-ring (bicyclic) bond motifs is 21. The van der Waals surface area contributed by atoms with Crippen LogP contribution in [0, 0.1) is 0 Å². The topological polar surface area (TPSA) is 3.24 Å². The van der Waals surface area contributed by atoms with Crippen molar-refractivity contribution in [2.45, 2.75) is 17.8 Å². The van der Waals surface area contributed by atoms with Crippen LogP contribution in [0.2, 0.25) is 0 Å². The van der Waals surface area contributed by atoms with E-state index in [9.17, 15) is 0 Å². The summed E-state index contributed by atoms with van der Waals surface area (Å²) in [6, 6.07) is 76.1. The zero-order valence-corrected chi connectivity index (χ0v) is 36.7. The lowest BCUT2D eigenvalue weighted by Gasteiger charge is -2.33. The molecule has 4 aliphatic carbocycles. The van der Waals surface area contributed by atoms with Gasteiger partial charge in [-0.15, -0.1) is 11.3 Å². The Morgan fingerprint density at radius 2 is 0.815 bits per heavy atom. The average Bonchev–Trinajstić information content (AvgIpc) is 4.13. The van der Waals surface area contributed by atoms with E-state index in [0.29, 0.717) is 0 Å². The number of rotatable bonds is 5. The lowest BCUT2D eigenvalue weighted by Crippen LogP contribution is -2.26. The van der Waals surface area contributed by atoms with Gasteiger partial charge in [-0.3, -0.25) is 0 Å². The Bertz CT molecular complexity index is 3440. The van der Waals surface area contributed by atoms with Gasteiger partial charge in [-0.05, 0) is 115 Å². The number of benzene rings is 9. The largest absolute Gasteiger partial charge is 0.309 e. The molecule has 304 valence electrons. The molecule has 1 nitrogen and oxygen atoms in total. The summed E-state index contributed by atoms with van der Waals surface area (Å²) in [4.78, 5) is 3.79. The Kier molecular flexibility index (Phi) is 7.55. The summed E-state index contributed by atoms with van der Waals surface area (Å²) in [7, 11) is 0. The first-order chi connectivity index (χ1) is 32.2. The van der Waals surface area contributed by atoms with Crippen molar-refractivity contribution in [3.8, 4) is 44.5 Å². The summed E-state index contributed by atoms with van der Waals surface area (Å²) in [6.45, 7) is 6.34. The first kappa shape index (κ1) is 36.7. The molecule has 4 aliphatic rings. The fourth-order valence-electron chi connectivity index (χ4n) is 12.8. The van der Waals surface area contributed by atoms with Gasteiger partial charge < -0.3 is 4.90 Å². The molecule has 0 unspecified atom stereocenters. The van der Waals surface area contributed by atoms with Crippen LogP contribution in [0.15, 0.2) is 213 Å². The van der Waals surface area contributed by atoms with Crippen LogP contribution in [0.5, 0.6) is 0 Å². The fraction of sp³-hybridized carbons (Fsp3) is 0.0476. The SMILES string of the molecule is C=Cc1sc2cc(N(c3cccc4c3-c3ccccc3C43c4ccccc4-c4ccccc43)c3cccc4c3-c3ccccc3C43c4ccccc4-c4ccccc43)ccc2c1/C=C\C. The number of anilines is 3. The molecule has 0 atom stereocenters. The maximum Gasteiger partial charge on any atom is 0.0726 e. The van der Waals surface area contributed by atoms with E-state index >= 15 is 0 Å². The average molecular weight is 844 g/mol. The van der Waals surface area contributed by atoms with Crippen LogP contribution in [0.1, 0.15) is 61.9 Å². The van der Waals surface area contributed by atoms with E-state index < -0.39 is 10.8 Å². The molecule has 0 saturated heterocycles. The Hall–Kier alpha value is -7.78. The van der Waals surface area contributed by atoms with E-state index in [1.807, 2.05) is 17.4 Å². The monoisotopic (exact) mass is 843 g/mol. The molecule has 0 bridgehead atoms. The molecule has 0 radical (unpaired) electrons. The predicted octanol–water partition coefficient (Wildman–Crippen LogP) is 16.7. The molecule has 0 amide bonds. The minimum Gasteiger partial charge on any atom is -0.309 e. The molecule has 0 fully saturated rings. The van der Waals surface area contributed by atoms with Gasteiger partial charge in [0.15, 0.2) is 0 Å². The summed E-state index contributed by atoms with van der Waals surface area (Å²) in [5, 5.41) is 1.25. The van der Waals surface area contributed by atoms with Crippen molar-refractivity contribution in [1.29, 1.82) is 0 Å². The van der Waals surface area contributed by atoms with E-state index in [-0.39, 0.29) is 0 Å². The first-order valence-corrected chi connectivity index (χ1v) is 23.5. The number of hydrogen-bond acceptors (Lipinski definition) is 2. The molecule has 2 spiro atoms. The standard InChI is InChI=1S/C63H41NS/c1-3-19-44-45-37-36-39(38-59(45)65-58(44)4-2)64(56-34-17-32-54-60(56)46-24-9-15-30-52(46)62(54)48-26-11-5-20-40(48)41-21-6-12-27-49(41)62)57-35-18-33-55-61(57)47-25-10-16-31-53(47)63(55)50-28-13-7-22-42(50)43-23-8-14-29-51(43)63/h3-38H,2H2,1H3/b19-3-. The molecule has 0 aliphatic heterocycles. The highest BCUT2D eigenvalue weighted by molar-refractivity contribution is 7.20. The zero-order valence-electron chi connectivity index (χ0n) is 35.8. The molecular formula is C63H41NS. The van der Waals surface area contributed by atoms with Crippen molar-refractivity contribution < 1.29 is 0 Å². The number of thiophene rings is 1. The number of hydrogen-bond donors (Lipinski definition) is 0. The maximum absolute atomic E-state index is 4.24. The smallest absolute Gasteiger partial charge is 0.0726 e. The van der Waals surface area contributed by atoms with Crippen molar-refractivity contribution in [3.63, 3.8) is 0 Å². The van der Waals surface area contributed by atoms with E-state index in [1.54, 1.807) is 0 Å². The van der Waals surface area contributed by atoms with Gasteiger partial charge in [0.05, 0.1) is 22.2 Å². The lowest BCUT2D eigenvalue weighted by atomic mass is 9.70. The van der Waals surface area contributed by atoms with E-state index in [2.05, 4.69) is 231 Å². The first-order valence-electron chi connectivity index (χ1n) is 22.7. The van der Waals surface area contributed by atoms with Crippen LogP contribution in [-0.4, -0.2) is 0 Å². The number of nitrogens with zero attached hydrogens (tertiary/aromatic N) is 1. The summed E-state index contributed by atoms with van der Waals surface area (Å²) >= 11 is 1.82. The Balaban J connectivity index is 1.11. The fourth-order valence-corrected chi connectivity index (χ4v) is 13.9. The van der Waals surface area contributed by atoms with Crippen LogP contribution >= 0.6 is 11.3 Å². The van der Waals surface area contributed by atoms with Gasteiger partial charge >= 0.3 is 0 Å². The Labute approximate surface area is 383 Å². The van der Waals surface area contributed by atoms with Crippen molar-refractivity contribution >= 4 is 50.6 Å². The van der Waals surface area contributed by atoms with E-state index in [0.717, 1.165) is 5.69 Å². The van der Waals surface area contributed by atoms with Gasteiger partial charge in [0.2, 0.25) is 0 Å². The Morgan fingerprint density at radius 1 is 0.431 bits per heavy atom. The second-order valence-corrected chi connectivity index (χ2v) is 18.9. The normalized spacial score (nSPS) is 14.5. The molecule has 14 rings (SSSR count). The van der Waals surface area contributed by atoms with Crippen molar-refractivity contribution in [3.05, 3.63) is 268 Å². The van der Waals surface area contributed by atoms with Gasteiger partial charge in [-0.25, -0.2) is 0 Å². The molecule has 0 saturated carbocycles. The van der Waals surface area contributed by atoms with Crippen molar-refractivity contribution in [2.75, 3.05) is 4.90 Å². The van der Waals surface area contributed by atoms with Crippen molar-refractivity contribution in [2.24, 2.45) is 0 Å². The highest BCUT2D eigenvalue weighted by Gasteiger charge is 2.54. The minimum absolute atomic E-state index is 0.467. The highest BCUT2D eigenvalue weighted by Crippen LogP contribution is 2.67. The third-order valence-corrected chi connectivity index (χ3v) is 16.2. The predicted molar refractivity (Wildman–Crippen MR) is 274 cm³/mol. The van der Waals surface area contributed by atoms with Crippen LogP contribution in [0.3, 0.4) is 0 Å². The highest BCUT2D eigenvalue weighted by atomic mass is 32.1. The van der Waals surface area contributed by atoms with Crippen LogP contribution in [0.25, 0.3) is 66.7 Å². The van der Waals surface area contributed by atoms with E-state index in [4.69, 9.17) is 0 Å². The van der Waals surface area contributed by atoms with Gasteiger partial charge in [-0.1, -0.05) is 201 Å². The summed E-state index contributed by atoms with van der Waals surface area (Å²) in [6.07, 6.45) is 6.37. The Morgan fingerprint density at radius 3 is 1.23 bits per heavy atom. The van der Waals surface area contributed by atoms with Crippen LogP contribution in [0.4, 0.5) is 17.1 Å². The third kappa shape index (κ3) is 4.47. The minimum atomic E-state index is -0.467. The molecule has 65 heavy (non-hydrogen) atoms. The van der Waals surface area contributed by atoms with Crippen LogP contribution in [-0.2, 0) is 10.8 Å².